The van der Waals surface area contributed by atoms with Crippen molar-refractivity contribution in [3.63, 3.8) is 0 Å². The van der Waals surface area contributed by atoms with E-state index >= 15 is 0 Å². The molecule has 1 aromatic heterocycles. The third-order valence-electron chi connectivity index (χ3n) is 7.01. The van der Waals surface area contributed by atoms with Gasteiger partial charge < -0.3 is 18.9 Å². The van der Waals surface area contributed by atoms with Crippen molar-refractivity contribution in [3.8, 4) is 11.5 Å². The molecule has 0 saturated carbocycles. The molecule has 4 aromatic rings. The Bertz CT molecular complexity index is 1400. The number of nitrogens with zero attached hydrogens (tertiary/aromatic N) is 3. The maximum Gasteiger partial charge on any atom is 0.227 e. The van der Waals surface area contributed by atoms with Crippen LogP contribution in [0.25, 0.3) is 11.0 Å². The molecule has 0 N–H and O–H groups in total. The van der Waals surface area contributed by atoms with E-state index in [1.165, 1.54) is 11.1 Å². The Morgan fingerprint density at radius 3 is 2.42 bits per heavy atom. The summed E-state index contributed by atoms with van der Waals surface area (Å²) in [6.45, 7) is 7.92. The zero-order chi connectivity index (χ0) is 25.4. The van der Waals surface area contributed by atoms with Crippen LogP contribution in [0.5, 0.6) is 11.5 Å². The number of benzene rings is 3. The molecule has 1 saturated heterocycles. The highest BCUT2D eigenvalue weighted by Gasteiger charge is 2.36. The average molecular weight is 484 g/mol. The van der Waals surface area contributed by atoms with Crippen molar-refractivity contribution in [2.24, 2.45) is 0 Å². The third-order valence-corrected chi connectivity index (χ3v) is 7.01. The molecule has 3 aromatic carbocycles. The van der Waals surface area contributed by atoms with Crippen molar-refractivity contribution in [1.29, 1.82) is 0 Å². The molecule has 5 rings (SSSR count). The molecular formula is C30H33N3O3. The second kappa shape index (κ2) is 9.34. The summed E-state index contributed by atoms with van der Waals surface area (Å²) in [6.07, 6.45) is 0.395. The summed E-state index contributed by atoms with van der Waals surface area (Å²) in [5, 5.41) is 0. The zero-order valence-electron chi connectivity index (χ0n) is 21.6. The van der Waals surface area contributed by atoms with E-state index in [1.807, 2.05) is 36.4 Å². The molecule has 0 aliphatic carbocycles. The third kappa shape index (κ3) is 4.43. The van der Waals surface area contributed by atoms with Gasteiger partial charge in [0, 0.05) is 31.5 Å². The number of amides is 1. The van der Waals surface area contributed by atoms with E-state index in [9.17, 15) is 4.79 Å². The lowest BCUT2D eigenvalue weighted by molar-refractivity contribution is -0.117. The van der Waals surface area contributed by atoms with E-state index in [4.69, 9.17) is 14.5 Å². The number of carbonyl (C=O) groups is 1. The highest BCUT2D eigenvalue weighted by Crippen LogP contribution is 2.39. The summed E-state index contributed by atoms with van der Waals surface area (Å²) in [5.41, 5.74) is 5.39. The predicted molar refractivity (Wildman–Crippen MR) is 143 cm³/mol. The standard InChI is InChI=1S/C30H33N3O3/c1-30(2,3)22-12-10-20(11-13-22)18-33-25-9-7-6-8-24(25)31-29(33)21-16-28(34)32(19-21)26-17-23(35-4)14-15-27(26)36-5/h6-15,17,21H,16,18-19H2,1-5H3. The van der Waals surface area contributed by atoms with Gasteiger partial charge in [0.25, 0.3) is 0 Å². The first-order chi connectivity index (χ1) is 17.3. The highest BCUT2D eigenvalue weighted by molar-refractivity contribution is 5.98. The van der Waals surface area contributed by atoms with Gasteiger partial charge >= 0.3 is 0 Å². The molecule has 6 heteroatoms. The van der Waals surface area contributed by atoms with Gasteiger partial charge in [-0.3, -0.25) is 4.79 Å². The fourth-order valence-corrected chi connectivity index (χ4v) is 4.99. The molecule has 0 radical (unpaired) electrons. The van der Waals surface area contributed by atoms with E-state index in [-0.39, 0.29) is 17.2 Å². The smallest absolute Gasteiger partial charge is 0.227 e. The fourth-order valence-electron chi connectivity index (χ4n) is 4.99. The number of hydrogen-bond acceptors (Lipinski definition) is 4. The first kappa shape index (κ1) is 23.9. The van der Waals surface area contributed by atoms with E-state index < -0.39 is 0 Å². The number of hydrogen-bond donors (Lipinski definition) is 0. The van der Waals surface area contributed by atoms with E-state index in [0.717, 1.165) is 22.5 Å². The molecule has 2 heterocycles. The van der Waals surface area contributed by atoms with Crippen LogP contribution in [0.3, 0.4) is 0 Å². The Labute approximate surface area is 212 Å². The second-order valence-electron chi connectivity index (χ2n) is 10.4. The lowest BCUT2D eigenvalue weighted by atomic mass is 9.87. The highest BCUT2D eigenvalue weighted by atomic mass is 16.5. The predicted octanol–water partition coefficient (Wildman–Crippen LogP) is 5.92. The monoisotopic (exact) mass is 483 g/mol. The van der Waals surface area contributed by atoms with Crippen LogP contribution in [-0.4, -0.2) is 36.2 Å². The molecule has 1 unspecified atom stereocenters. The second-order valence-corrected chi connectivity index (χ2v) is 10.4. The molecule has 1 fully saturated rings. The van der Waals surface area contributed by atoms with Gasteiger partial charge in [-0.1, -0.05) is 57.2 Å². The van der Waals surface area contributed by atoms with E-state index in [0.29, 0.717) is 31.0 Å². The number of carbonyl (C=O) groups excluding carboxylic acids is 1. The first-order valence-corrected chi connectivity index (χ1v) is 12.4. The van der Waals surface area contributed by atoms with Crippen molar-refractivity contribution >= 4 is 22.6 Å². The Kier molecular flexibility index (Phi) is 6.20. The van der Waals surface area contributed by atoms with Gasteiger partial charge in [0.05, 0.1) is 30.9 Å². The summed E-state index contributed by atoms with van der Waals surface area (Å²) in [4.78, 5) is 20.0. The van der Waals surface area contributed by atoms with Crippen LogP contribution in [-0.2, 0) is 16.8 Å². The number of ether oxygens (including phenoxy) is 2. The minimum Gasteiger partial charge on any atom is -0.497 e. The Balaban J connectivity index is 1.50. The lowest BCUT2D eigenvalue weighted by Gasteiger charge is -2.21. The summed E-state index contributed by atoms with van der Waals surface area (Å²) < 4.78 is 13.2. The number of rotatable bonds is 6. The van der Waals surface area contributed by atoms with Crippen LogP contribution in [0.15, 0.2) is 66.7 Å². The maximum absolute atomic E-state index is 13.2. The molecule has 6 nitrogen and oxygen atoms in total. The number of anilines is 1. The SMILES string of the molecule is COc1ccc(OC)c(N2CC(c3nc4ccccc4n3Cc3ccc(C(C)(C)C)cc3)CC2=O)c1. The quantitative estimate of drug-likeness (QED) is 0.342. The van der Waals surface area contributed by atoms with Crippen molar-refractivity contribution in [3.05, 3.63) is 83.7 Å². The lowest BCUT2D eigenvalue weighted by Crippen LogP contribution is -2.25. The molecule has 0 spiro atoms. The van der Waals surface area contributed by atoms with Gasteiger partial charge in [0.1, 0.15) is 17.3 Å². The maximum atomic E-state index is 13.2. The van der Waals surface area contributed by atoms with Gasteiger partial charge in [0.15, 0.2) is 0 Å². The number of imidazole rings is 1. The molecule has 36 heavy (non-hydrogen) atoms. The minimum absolute atomic E-state index is 0.0327. The molecule has 1 aliphatic heterocycles. The van der Waals surface area contributed by atoms with Crippen LogP contribution in [0, 0.1) is 0 Å². The van der Waals surface area contributed by atoms with Gasteiger partial charge in [-0.2, -0.15) is 0 Å². The Morgan fingerprint density at radius 2 is 1.72 bits per heavy atom. The Morgan fingerprint density at radius 1 is 0.972 bits per heavy atom. The molecule has 1 aliphatic rings. The summed E-state index contributed by atoms with van der Waals surface area (Å²) in [5.74, 6) is 2.30. The van der Waals surface area contributed by atoms with Crippen LogP contribution >= 0.6 is 0 Å². The van der Waals surface area contributed by atoms with Crippen LogP contribution in [0.2, 0.25) is 0 Å². The van der Waals surface area contributed by atoms with Gasteiger partial charge in [-0.15, -0.1) is 0 Å². The molecular weight excluding hydrogens is 450 g/mol. The summed E-state index contributed by atoms with van der Waals surface area (Å²) in [7, 11) is 3.24. The molecule has 1 amide bonds. The molecule has 1 atom stereocenters. The number of methoxy groups -OCH3 is 2. The summed E-state index contributed by atoms with van der Waals surface area (Å²) >= 11 is 0. The van der Waals surface area contributed by atoms with Gasteiger partial charge in [-0.05, 0) is 40.8 Å². The van der Waals surface area contributed by atoms with E-state index in [2.05, 4.69) is 55.7 Å². The van der Waals surface area contributed by atoms with Crippen molar-refractivity contribution in [2.75, 3.05) is 25.7 Å². The van der Waals surface area contributed by atoms with Crippen LogP contribution in [0.4, 0.5) is 5.69 Å². The van der Waals surface area contributed by atoms with Gasteiger partial charge in [0.2, 0.25) is 5.91 Å². The van der Waals surface area contributed by atoms with E-state index in [1.54, 1.807) is 19.1 Å². The average Bonchev–Trinajstić information content (AvgIpc) is 3.44. The zero-order valence-corrected chi connectivity index (χ0v) is 21.6. The topological polar surface area (TPSA) is 56.6 Å². The number of fused-ring (bicyclic) bond motifs is 1. The molecule has 0 bridgehead atoms. The van der Waals surface area contributed by atoms with Gasteiger partial charge in [-0.25, -0.2) is 4.98 Å². The Hall–Kier alpha value is -3.80. The van der Waals surface area contributed by atoms with Crippen molar-refractivity contribution < 1.29 is 14.3 Å². The van der Waals surface area contributed by atoms with Crippen LogP contribution < -0.4 is 14.4 Å². The van der Waals surface area contributed by atoms with Crippen molar-refractivity contribution in [1.82, 2.24) is 9.55 Å². The minimum atomic E-state index is -0.0327. The summed E-state index contributed by atoms with van der Waals surface area (Å²) in [6, 6.07) is 22.6. The first-order valence-electron chi connectivity index (χ1n) is 12.4. The number of aromatic nitrogens is 2. The van der Waals surface area contributed by atoms with Crippen LogP contribution in [0.1, 0.15) is 50.1 Å². The normalized spacial score (nSPS) is 16.1. The fraction of sp³-hybridized carbons (Fsp3) is 0.333. The van der Waals surface area contributed by atoms with Crippen molar-refractivity contribution in [2.45, 2.75) is 45.1 Å². The molecule has 186 valence electrons. The number of para-hydroxylation sites is 2. The largest absolute Gasteiger partial charge is 0.497 e.